The van der Waals surface area contributed by atoms with E-state index in [1.807, 2.05) is 0 Å². The van der Waals surface area contributed by atoms with Crippen LogP contribution < -0.4 is 15.8 Å². The van der Waals surface area contributed by atoms with Crippen LogP contribution in [0.25, 0.3) is 0 Å². The molecule has 1 unspecified atom stereocenters. The summed E-state index contributed by atoms with van der Waals surface area (Å²) in [4.78, 5) is 22.9. The van der Waals surface area contributed by atoms with Crippen LogP contribution in [0.1, 0.15) is 28.4 Å². The Labute approximate surface area is 154 Å². The normalized spacial score (nSPS) is 12.3. The van der Waals surface area contributed by atoms with Gasteiger partial charge in [-0.1, -0.05) is 12.1 Å². The van der Waals surface area contributed by atoms with Crippen molar-refractivity contribution in [3.63, 3.8) is 0 Å². The van der Waals surface area contributed by atoms with Crippen LogP contribution in [0.4, 0.5) is 13.2 Å². The van der Waals surface area contributed by atoms with Crippen LogP contribution in [0.3, 0.4) is 0 Å². The lowest BCUT2D eigenvalue weighted by atomic mass is 10.0. The number of alkyl halides is 3. The van der Waals surface area contributed by atoms with Crippen molar-refractivity contribution >= 4 is 11.8 Å². The number of carbonyl (C=O) groups excluding carboxylic acids is 2. The molecule has 2 rings (SSSR count). The number of ether oxygens (including phenoxy) is 1. The van der Waals surface area contributed by atoms with Gasteiger partial charge in [0.1, 0.15) is 5.75 Å². The highest BCUT2D eigenvalue weighted by Gasteiger charge is 2.29. The number of halogens is 3. The molecule has 0 saturated carbocycles. The zero-order valence-corrected chi connectivity index (χ0v) is 14.5. The zero-order chi connectivity index (χ0) is 20.0. The van der Waals surface area contributed by atoms with E-state index in [1.165, 1.54) is 24.3 Å². The van der Waals surface area contributed by atoms with Crippen molar-refractivity contribution in [2.45, 2.75) is 25.6 Å². The Kier molecular flexibility index (Phi) is 6.44. The molecule has 2 aromatic carbocycles. The minimum Gasteiger partial charge on any atom is -0.484 e. The van der Waals surface area contributed by atoms with E-state index in [0.29, 0.717) is 23.3 Å². The van der Waals surface area contributed by atoms with Gasteiger partial charge in [-0.2, -0.15) is 13.2 Å². The van der Waals surface area contributed by atoms with Gasteiger partial charge < -0.3 is 15.8 Å². The van der Waals surface area contributed by atoms with Gasteiger partial charge in [-0.15, -0.1) is 0 Å². The second-order valence-electron chi connectivity index (χ2n) is 6.05. The molecule has 3 N–H and O–H groups in total. The van der Waals surface area contributed by atoms with E-state index in [0.717, 1.165) is 12.1 Å². The van der Waals surface area contributed by atoms with Crippen LogP contribution >= 0.6 is 0 Å². The molecule has 144 valence electrons. The summed E-state index contributed by atoms with van der Waals surface area (Å²) < 4.78 is 42.8. The molecule has 1 atom stereocenters. The Morgan fingerprint density at radius 3 is 2.19 bits per heavy atom. The molecule has 0 fully saturated rings. The predicted molar refractivity (Wildman–Crippen MR) is 93.2 cm³/mol. The van der Waals surface area contributed by atoms with E-state index in [9.17, 15) is 22.8 Å². The van der Waals surface area contributed by atoms with Crippen LogP contribution in [0.15, 0.2) is 48.5 Å². The summed E-state index contributed by atoms with van der Waals surface area (Å²) in [6.07, 6.45) is -3.98. The molecule has 8 heteroatoms. The molecule has 0 aliphatic heterocycles. The molecule has 0 heterocycles. The topological polar surface area (TPSA) is 81.4 Å². The molecule has 2 aromatic rings. The lowest BCUT2D eigenvalue weighted by Crippen LogP contribution is -2.34. The van der Waals surface area contributed by atoms with E-state index < -0.39 is 17.6 Å². The summed E-state index contributed by atoms with van der Waals surface area (Å²) in [6.45, 7) is 1.51. The van der Waals surface area contributed by atoms with Gasteiger partial charge in [0.2, 0.25) is 0 Å². The minimum absolute atomic E-state index is 0.254. The minimum atomic E-state index is -4.37. The second-order valence-corrected chi connectivity index (χ2v) is 6.05. The van der Waals surface area contributed by atoms with Crippen molar-refractivity contribution in [2.24, 2.45) is 5.73 Å². The molecule has 0 aliphatic carbocycles. The fraction of sp³-hybridized carbons (Fsp3) is 0.263. The van der Waals surface area contributed by atoms with Gasteiger partial charge >= 0.3 is 6.18 Å². The van der Waals surface area contributed by atoms with Crippen LogP contribution in [0.5, 0.6) is 5.75 Å². The van der Waals surface area contributed by atoms with Gasteiger partial charge in [0.15, 0.2) is 6.61 Å². The molecule has 0 spiro atoms. The maximum Gasteiger partial charge on any atom is 0.416 e. The Hall–Kier alpha value is -3.03. The van der Waals surface area contributed by atoms with Crippen LogP contribution in [0, 0.1) is 0 Å². The van der Waals surface area contributed by atoms with Crippen LogP contribution in [0.2, 0.25) is 0 Å². The van der Waals surface area contributed by atoms with Crippen molar-refractivity contribution in [3.8, 4) is 5.75 Å². The number of hydrogen-bond acceptors (Lipinski definition) is 3. The molecule has 0 aromatic heterocycles. The van der Waals surface area contributed by atoms with E-state index in [1.54, 1.807) is 19.1 Å². The lowest BCUT2D eigenvalue weighted by molar-refractivity contribution is -0.137. The first-order valence-electron chi connectivity index (χ1n) is 8.13. The number of carbonyl (C=O) groups is 2. The fourth-order valence-corrected chi connectivity index (χ4v) is 2.40. The first kappa shape index (κ1) is 20.3. The van der Waals surface area contributed by atoms with Crippen molar-refractivity contribution in [1.29, 1.82) is 0 Å². The summed E-state index contributed by atoms with van der Waals surface area (Å²) >= 11 is 0. The van der Waals surface area contributed by atoms with E-state index in [-0.39, 0.29) is 18.6 Å². The monoisotopic (exact) mass is 380 g/mol. The van der Waals surface area contributed by atoms with Crippen LogP contribution in [-0.2, 0) is 17.4 Å². The number of nitrogens with one attached hydrogen (secondary N) is 1. The molecule has 27 heavy (non-hydrogen) atoms. The fourth-order valence-electron chi connectivity index (χ4n) is 2.40. The Morgan fingerprint density at radius 1 is 1.07 bits per heavy atom. The van der Waals surface area contributed by atoms with Gasteiger partial charge in [-0.05, 0) is 55.3 Å². The lowest BCUT2D eigenvalue weighted by Gasteiger charge is -2.15. The van der Waals surface area contributed by atoms with Gasteiger partial charge in [0, 0.05) is 11.6 Å². The van der Waals surface area contributed by atoms with Gasteiger partial charge in [0.25, 0.3) is 11.8 Å². The summed E-state index contributed by atoms with van der Waals surface area (Å²) in [5.74, 6) is -0.520. The highest BCUT2D eigenvalue weighted by Crippen LogP contribution is 2.29. The molecule has 0 saturated heterocycles. The molecule has 0 aliphatic rings. The van der Waals surface area contributed by atoms with Crippen molar-refractivity contribution in [2.75, 3.05) is 6.61 Å². The Bertz CT molecular complexity index is 787. The zero-order valence-electron chi connectivity index (χ0n) is 14.5. The standard InChI is InChI=1S/C19H19F3N2O3/c1-12(10-13-2-6-15(7-3-13)19(20,21)22)24-18(26)14-4-8-16(9-5-14)27-11-17(23)25/h2-9,12H,10-11H2,1H3,(H2,23,25)(H,24,26). The van der Waals surface area contributed by atoms with E-state index in [2.05, 4.69) is 5.32 Å². The third-order valence-corrected chi connectivity index (χ3v) is 3.70. The molecular formula is C19H19F3N2O3. The summed E-state index contributed by atoms with van der Waals surface area (Å²) in [5.41, 5.74) is 5.35. The van der Waals surface area contributed by atoms with E-state index >= 15 is 0 Å². The molecular weight excluding hydrogens is 361 g/mol. The molecule has 0 bridgehead atoms. The number of primary amides is 1. The first-order chi connectivity index (χ1) is 12.6. The smallest absolute Gasteiger partial charge is 0.416 e. The number of nitrogens with two attached hydrogens (primary N) is 1. The maximum absolute atomic E-state index is 12.6. The van der Waals surface area contributed by atoms with Gasteiger partial charge in [-0.3, -0.25) is 9.59 Å². The van der Waals surface area contributed by atoms with E-state index in [4.69, 9.17) is 10.5 Å². The third kappa shape index (κ3) is 6.32. The number of rotatable bonds is 7. The molecule has 2 amide bonds. The first-order valence-corrected chi connectivity index (χ1v) is 8.13. The Morgan fingerprint density at radius 2 is 1.67 bits per heavy atom. The number of hydrogen-bond donors (Lipinski definition) is 2. The number of amides is 2. The second kappa shape index (κ2) is 8.57. The molecule has 5 nitrogen and oxygen atoms in total. The molecule has 0 radical (unpaired) electrons. The summed E-state index contributed by atoms with van der Waals surface area (Å²) in [5, 5.41) is 2.78. The average Bonchev–Trinajstić information content (AvgIpc) is 2.60. The highest BCUT2D eigenvalue weighted by atomic mass is 19.4. The predicted octanol–water partition coefficient (Wildman–Crippen LogP) is 2.93. The van der Waals surface area contributed by atoms with Crippen LogP contribution in [-0.4, -0.2) is 24.5 Å². The van der Waals surface area contributed by atoms with Gasteiger partial charge in [0.05, 0.1) is 5.56 Å². The quantitative estimate of drug-likeness (QED) is 0.775. The van der Waals surface area contributed by atoms with Crippen molar-refractivity contribution < 1.29 is 27.5 Å². The largest absolute Gasteiger partial charge is 0.484 e. The Balaban J connectivity index is 1.90. The average molecular weight is 380 g/mol. The van der Waals surface area contributed by atoms with Gasteiger partial charge in [-0.25, -0.2) is 0 Å². The SMILES string of the molecule is CC(Cc1ccc(C(F)(F)F)cc1)NC(=O)c1ccc(OCC(N)=O)cc1. The van der Waals surface area contributed by atoms with Crippen molar-refractivity contribution in [1.82, 2.24) is 5.32 Å². The third-order valence-electron chi connectivity index (χ3n) is 3.70. The summed E-state index contributed by atoms with van der Waals surface area (Å²) in [6, 6.07) is 10.7. The maximum atomic E-state index is 12.6. The number of benzene rings is 2. The summed E-state index contributed by atoms with van der Waals surface area (Å²) in [7, 11) is 0. The van der Waals surface area contributed by atoms with Crippen molar-refractivity contribution in [3.05, 3.63) is 65.2 Å². The highest BCUT2D eigenvalue weighted by molar-refractivity contribution is 5.94.